The highest BCUT2D eigenvalue weighted by Gasteiger charge is 2.41. The van der Waals surface area contributed by atoms with Gasteiger partial charge in [-0.25, -0.2) is 13.4 Å². The number of hydrogen-bond acceptors (Lipinski definition) is 4. The Morgan fingerprint density at radius 2 is 2.19 bits per heavy atom. The van der Waals surface area contributed by atoms with Crippen LogP contribution in [0.25, 0.3) is 0 Å². The molecule has 2 aliphatic heterocycles. The largest absolute Gasteiger partial charge is 0.334 e. The Balaban J connectivity index is 1.89. The summed E-state index contributed by atoms with van der Waals surface area (Å²) in [5.74, 6) is 0.755. The number of aromatic nitrogens is 2. The van der Waals surface area contributed by atoms with E-state index in [9.17, 15) is 8.42 Å². The van der Waals surface area contributed by atoms with Crippen LogP contribution in [0.4, 0.5) is 0 Å². The fourth-order valence-electron chi connectivity index (χ4n) is 3.55. The van der Waals surface area contributed by atoms with Gasteiger partial charge >= 0.3 is 0 Å². The molecule has 3 heterocycles. The summed E-state index contributed by atoms with van der Waals surface area (Å²) < 4.78 is 29.4. The molecule has 1 aromatic heterocycles. The number of rotatable bonds is 4. The van der Waals surface area contributed by atoms with Crippen molar-refractivity contribution in [1.29, 1.82) is 0 Å². The number of sulfonamides is 1. The fraction of sp³-hybridized carbons (Fsp3) is 0.786. The monoisotopic (exact) mass is 312 g/mol. The van der Waals surface area contributed by atoms with Crippen LogP contribution in [0.2, 0.25) is 0 Å². The smallest absolute Gasteiger partial charge is 0.262 e. The highest BCUT2D eigenvalue weighted by molar-refractivity contribution is 7.89. The second-order valence-electron chi connectivity index (χ2n) is 5.94. The van der Waals surface area contributed by atoms with Crippen LogP contribution in [0.3, 0.4) is 0 Å². The average Bonchev–Trinajstić information content (AvgIpc) is 3.18. The summed E-state index contributed by atoms with van der Waals surface area (Å²) in [5, 5.41) is 3.65. The predicted octanol–water partition coefficient (Wildman–Crippen LogP) is 1.12. The number of nitrogens with one attached hydrogen (secondary N) is 1. The molecular weight excluding hydrogens is 288 g/mol. The van der Waals surface area contributed by atoms with Gasteiger partial charge in [0.1, 0.15) is 5.82 Å². The molecule has 1 aromatic rings. The van der Waals surface area contributed by atoms with Crippen molar-refractivity contribution in [2.45, 2.75) is 63.2 Å². The number of imidazole rings is 1. The lowest BCUT2D eigenvalue weighted by Gasteiger charge is -2.28. The zero-order valence-electron chi connectivity index (χ0n) is 12.7. The van der Waals surface area contributed by atoms with Gasteiger partial charge in [-0.1, -0.05) is 0 Å². The Hall–Kier alpha value is -0.920. The lowest BCUT2D eigenvalue weighted by Crippen LogP contribution is -2.46. The molecule has 2 saturated heterocycles. The molecule has 3 rings (SSSR count). The molecular formula is C14H24N4O2S. The Bertz CT molecular complexity index is 604. The summed E-state index contributed by atoms with van der Waals surface area (Å²) in [4.78, 5) is 4.27. The predicted molar refractivity (Wildman–Crippen MR) is 80.6 cm³/mol. The zero-order valence-corrected chi connectivity index (χ0v) is 13.6. The molecule has 0 spiro atoms. The van der Waals surface area contributed by atoms with Crippen LogP contribution in [0.5, 0.6) is 0 Å². The quantitative estimate of drug-likeness (QED) is 0.904. The molecule has 2 unspecified atom stereocenters. The molecule has 7 heteroatoms. The van der Waals surface area contributed by atoms with E-state index in [0.717, 1.165) is 44.6 Å². The molecule has 0 aliphatic carbocycles. The van der Waals surface area contributed by atoms with Gasteiger partial charge in [-0.3, -0.25) is 0 Å². The first-order chi connectivity index (χ1) is 10.0. The molecule has 2 fully saturated rings. The molecule has 0 amide bonds. The van der Waals surface area contributed by atoms with Crippen molar-refractivity contribution < 1.29 is 8.42 Å². The summed E-state index contributed by atoms with van der Waals surface area (Å²) in [6.45, 7) is 6.19. The minimum atomic E-state index is -3.48. The third-order valence-electron chi connectivity index (χ3n) is 4.68. The third-order valence-corrected chi connectivity index (χ3v) is 6.47. The second kappa shape index (κ2) is 5.70. The topological polar surface area (TPSA) is 67.2 Å². The van der Waals surface area contributed by atoms with Crippen LogP contribution in [0.1, 0.15) is 38.4 Å². The lowest BCUT2D eigenvalue weighted by atomic mass is 10.1. The van der Waals surface area contributed by atoms with Crippen molar-refractivity contribution in [1.82, 2.24) is 19.2 Å². The van der Waals surface area contributed by atoms with Crippen molar-refractivity contribution in [2.24, 2.45) is 0 Å². The summed E-state index contributed by atoms with van der Waals surface area (Å²) in [6, 6.07) is 0.390. The highest BCUT2D eigenvalue weighted by atomic mass is 32.2. The zero-order chi connectivity index (χ0) is 15.0. The SMILES string of the molecule is CCn1cc(S(=O)(=O)N2CCCC2C2CCCN2)nc1C. The van der Waals surface area contributed by atoms with Gasteiger partial charge < -0.3 is 9.88 Å². The van der Waals surface area contributed by atoms with E-state index in [-0.39, 0.29) is 11.1 Å². The first kappa shape index (κ1) is 15.0. The normalized spacial score (nSPS) is 27.5. The molecule has 21 heavy (non-hydrogen) atoms. The number of nitrogens with zero attached hydrogens (tertiary/aromatic N) is 3. The lowest BCUT2D eigenvalue weighted by molar-refractivity contribution is 0.321. The van der Waals surface area contributed by atoms with Gasteiger partial charge in [0, 0.05) is 31.4 Å². The van der Waals surface area contributed by atoms with Crippen LogP contribution in [0, 0.1) is 6.92 Å². The first-order valence-electron chi connectivity index (χ1n) is 7.83. The van der Waals surface area contributed by atoms with Crippen LogP contribution in [-0.4, -0.2) is 47.4 Å². The second-order valence-corrected chi connectivity index (χ2v) is 7.78. The molecule has 0 aromatic carbocycles. The van der Waals surface area contributed by atoms with Gasteiger partial charge in [-0.15, -0.1) is 0 Å². The van der Waals surface area contributed by atoms with E-state index in [1.807, 2.05) is 18.4 Å². The van der Waals surface area contributed by atoms with Gasteiger partial charge in [0.05, 0.1) is 0 Å². The van der Waals surface area contributed by atoms with Crippen LogP contribution < -0.4 is 5.32 Å². The Kier molecular flexibility index (Phi) is 4.07. The number of aryl methyl sites for hydroxylation is 2. The van der Waals surface area contributed by atoms with Crippen LogP contribution in [-0.2, 0) is 16.6 Å². The average molecular weight is 312 g/mol. The van der Waals surface area contributed by atoms with E-state index in [0.29, 0.717) is 12.6 Å². The molecule has 2 atom stereocenters. The van der Waals surface area contributed by atoms with E-state index in [4.69, 9.17) is 0 Å². The van der Waals surface area contributed by atoms with Crippen molar-refractivity contribution in [3.63, 3.8) is 0 Å². The maximum Gasteiger partial charge on any atom is 0.262 e. The Morgan fingerprint density at radius 3 is 2.81 bits per heavy atom. The van der Waals surface area contributed by atoms with Crippen molar-refractivity contribution >= 4 is 10.0 Å². The molecule has 0 radical (unpaired) electrons. The molecule has 2 aliphatic rings. The van der Waals surface area contributed by atoms with Gasteiger partial charge in [-0.2, -0.15) is 4.31 Å². The Labute approximate surface area is 126 Å². The summed E-state index contributed by atoms with van der Waals surface area (Å²) in [5.41, 5.74) is 0. The van der Waals surface area contributed by atoms with Crippen molar-refractivity contribution in [2.75, 3.05) is 13.1 Å². The molecule has 1 N–H and O–H groups in total. The van der Waals surface area contributed by atoms with Gasteiger partial charge in [0.25, 0.3) is 10.0 Å². The molecule has 6 nitrogen and oxygen atoms in total. The van der Waals surface area contributed by atoms with E-state index in [2.05, 4.69) is 10.3 Å². The van der Waals surface area contributed by atoms with Crippen molar-refractivity contribution in [3.8, 4) is 0 Å². The van der Waals surface area contributed by atoms with Gasteiger partial charge in [-0.05, 0) is 46.1 Å². The summed E-state index contributed by atoms with van der Waals surface area (Å²) in [6.07, 6.45) is 5.76. The maximum absolute atomic E-state index is 12.9. The minimum Gasteiger partial charge on any atom is -0.334 e. The van der Waals surface area contributed by atoms with Gasteiger partial charge in [0.2, 0.25) is 0 Å². The van der Waals surface area contributed by atoms with E-state index in [1.54, 1.807) is 10.5 Å². The van der Waals surface area contributed by atoms with Crippen molar-refractivity contribution in [3.05, 3.63) is 12.0 Å². The van der Waals surface area contributed by atoms with E-state index < -0.39 is 10.0 Å². The van der Waals surface area contributed by atoms with Crippen LogP contribution in [0.15, 0.2) is 11.2 Å². The first-order valence-corrected chi connectivity index (χ1v) is 9.27. The van der Waals surface area contributed by atoms with Crippen LogP contribution >= 0.6 is 0 Å². The Morgan fingerprint density at radius 1 is 1.38 bits per heavy atom. The van der Waals surface area contributed by atoms with E-state index >= 15 is 0 Å². The summed E-state index contributed by atoms with van der Waals surface area (Å²) in [7, 11) is -3.48. The fourth-order valence-corrected chi connectivity index (χ4v) is 5.28. The standard InChI is InChI=1S/C14H24N4O2S/c1-3-17-10-14(16-11(17)2)21(19,20)18-9-5-7-13(18)12-6-4-8-15-12/h10,12-13,15H,3-9H2,1-2H3. The molecule has 118 valence electrons. The molecule has 0 saturated carbocycles. The molecule has 0 bridgehead atoms. The maximum atomic E-state index is 12.9. The van der Waals surface area contributed by atoms with E-state index in [1.165, 1.54) is 0 Å². The highest BCUT2D eigenvalue weighted by Crippen LogP contribution is 2.30. The van der Waals surface area contributed by atoms with Gasteiger partial charge in [0.15, 0.2) is 5.03 Å². The third kappa shape index (κ3) is 2.62. The minimum absolute atomic E-state index is 0.0876. The number of hydrogen-bond donors (Lipinski definition) is 1. The summed E-state index contributed by atoms with van der Waals surface area (Å²) >= 11 is 0.